The van der Waals surface area contributed by atoms with E-state index in [0.29, 0.717) is 38.6 Å². The van der Waals surface area contributed by atoms with Crippen LogP contribution in [0.5, 0.6) is 5.75 Å². The molecule has 1 atom stereocenters. The lowest BCUT2D eigenvalue weighted by Gasteiger charge is -2.18. The predicted molar refractivity (Wildman–Crippen MR) is 152 cm³/mol. The van der Waals surface area contributed by atoms with Crippen molar-refractivity contribution in [1.82, 2.24) is 9.66 Å². The summed E-state index contributed by atoms with van der Waals surface area (Å²) in [4.78, 5) is 32.2. The number of halogens is 1. The summed E-state index contributed by atoms with van der Waals surface area (Å²) in [5.74, 6) is 0.448. The highest BCUT2D eigenvalue weighted by Gasteiger charge is 2.19. The number of furan rings is 1. The Morgan fingerprint density at radius 1 is 1.13 bits per heavy atom. The van der Waals surface area contributed by atoms with Gasteiger partial charge in [-0.3, -0.25) is 4.79 Å². The van der Waals surface area contributed by atoms with E-state index in [1.165, 1.54) is 18.0 Å². The van der Waals surface area contributed by atoms with E-state index in [0.717, 1.165) is 11.1 Å². The molecule has 0 aliphatic carbocycles. The van der Waals surface area contributed by atoms with Gasteiger partial charge in [0.15, 0.2) is 11.9 Å². The topological polar surface area (TPSA) is 99.2 Å². The van der Waals surface area contributed by atoms with Crippen LogP contribution in [0.25, 0.3) is 33.5 Å². The molecule has 2 heterocycles. The Morgan fingerprint density at radius 3 is 2.69 bits per heavy atom. The average Bonchev–Trinajstić information content (AvgIpc) is 3.35. The molecule has 0 N–H and O–H groups in total. The van der Waals surface area contributed by atoms with E-state index >= 15 is 0 Å². The van der Waals surface area contributed by atoms with E-state index in [1.807, 2.05) is 31.1 Å². The highest BCUT2D eigenvalue weighted by Crippen LogP contribution is 2.30. The van der Waals surface area contributed by atoms with E-state index in [2.05, 4.69) is 5.10 Å². The van der Waals surface area contributed by atoms with Gasteiger partial charge in [0.05, 0.1) is 24.2 Å². The first-order valence-corrected chi connectivity index (χ1v) is 12.4. The predicted octanol–water partition coefficient (Wildman–Crippen LogP) is 5.35. The zero-order valence-corrected chi connectivity index (χ0v) is 22.5. The lowest BCUT2D eigenvalue weighted by atomic mass is 10.2. The van der Waals surface area contributed by atoms with E-state index in [-0.39, 0.29) is 11.4 Å². The number of nitrogens with zero attached hydrogens (tertiary/aromatic N) is 4. The van der Waals surface area contributed by atoms with Gasteiger partial charge in [0.2, 0.25) is 5.82 Å². The summed E-state index contributed by atoms with van der Waals surface area (Å²) in [6.45, 7) is 1.60. The molecule has 198 valence electrons. The van der Waals surface area contributed by atoms with Gasteiger partial charge in [-0.25, -0.2) is 9.78 Å². The SMILES string of the molecule is COC(=O)[C@H](C)Oc1cc(N(C)C)ccc1C=Nn1c(-c2cc3cc(Cl)ccc3o2)nc2ccccc2c1=O. The van der Waals surface area contributed by atoms with Gasteiger partial charge in [0.1, 0.15) is 11.3 Å². The van der Waals surface area contributed by atoms with Crippen molar-refractivity contribution in [3.63, 3.8) is 0 Å². The molecular formula is C29H25ClN4O5. The fourth-order valence-electron chi connectivity index (χ4n) is 4.05. The number of esters is 1. The summed E-state index contributed by atoms with van der Waals surface area (Å²) < 4.78 is 17.9. The van der Waals surface area contributed by atoms with Crippen molar-refractivity contribution >= 4 is 51.3 Å². The Bertz CT molecular complexity index is 1790. The third-order valence-electron chi connectivity index (χ3n) is 6.12. The average molecular weight is 545 g/mol. The van der Waals surface area contributed by atoms with Crippen molar-refractivity contribution in [2.45, 2.75) is 13.0 Å². The van der Waals surface area contributed by atoms with E-state index < -0.39 is 12.1 Å². The summed E-state index contributed by atoms with van der Waals surface area (Å²) in [7, 11) is 5.08. The molecule has 0 spiro atoms. The van der Waals surface area contributed by atoms with Crippen molar-refractivity contribution in [1.29, 1.82) is 0 Å². The number of hydrogen-bond donors (Lipinski definition) is 0. The number of benzene rings is 3. The van der Waals surface area contributed by atoms with Crippen LogP contribution in [0.4, 0.5) is 5.69 Å². The molecule has 0 saturated carbocycles. The van der Waals surface area contributed by atoms with Crippen molar-refractivity contribution in [2.24, 2.45) is 5.10 Å². The molecule has 39 heavy (non-hydrogen) atoms. The second kappa shape index (κ2) is 10.6. The Balaban J connectivity index is 1.66. The Hall–Kier alpha value is -4.63. The van der Waals surface area contributed by atoms with Crippen LogP contribution < -0.4 is 15.2 Å². The van der Waals surface area contributed by atoms with Crippen molar-refractivity contribution in [3.05, 3.63) is 87.7 Å². The fraction of sp³-hybridized carbons (Fsp3) is 0.172. The van der Waals surface area contributed by atoms with Gasteiger partial charge < -0.3 is 18.8 Å². The first-order valence-electron chi connectivity index (χ1n) is 12.1. The number of aromatic nitrogens is 2. The second-order valence-electron chi connectivity index (χ2n) is 9.01. The minimum atomic E-state index is -0.859. The highest BCUT2D eigenvalue weighted by molar-refractivity contribution is 6.31. The van der Waals surface area contributed by atoms with Crippen LogP contribution in [0, 0.1) is 0 Å². The number of carbonyl (C=O) groups is 1. The molecule has 0 radical (unpaired) electrons. The summed E-state index contributed by atoms with van der Waals surface area (Å²) in [6, 6.07) is 19.5. The number of ether oxygens (including phenoxy) is 2. The van der Waals surface area contributed by atoms with E-state index in [4.69, 9.17) is 30.5 Å². The molecule has 5 rings (SSSR count). The minimum absolute atomic E-state index is 0.220. The lowest BCUT2D eigenvalue weighted by Crippen LogP contribution is -2.25. The van der Waals surface area contributed by atoms with Crippen LogP contribution in [0.2, 0.25) is 5.02 Å². The highest BCUT2D eigenvalue weighted by atomic mass is 35.5. The number of para-hydroxylation sites is 1. The monoisotopic (exact) mass is 544 g/mol. The molecule has 2 aromatic heterocycles. The molecule has 0 fully saturated rings. The number of hydrogen-bond acceptors (Lipinski definition) is 8. The van der Waals surface area contributed by atoms with Gasteiger partial charge in [-0.15, -0.1) is 0 Å². The van der Waals surface area contributed by atoms with Crippen LogP contribution in [0.1, 0.15) is 12.5 Å². The molecule has 0 aliphatic heterocycles. The van der Waals surface area contributed by atoms with Gasteiger partial charge >= 0.3 is 5.97 Å². The number of carbonyl (C=O) groups excluding carboxylic acids is 1. The van der Waals surface area contributed by atoms with Crippen LogP contribution in [-0.2, 0) is 9.53 Å². The number of anilines is 1. The summed E-state index contributed by atoms with van der Waals surface area (Å²) >= 11 is 6.16. The summed E-state index contributed by atoms with van der Waals surface area (Å²) in [5, 5.41) is 6.25. The van der Waals surface area contributed by atoms with Gasteiger partial charge in [-0.2, -0.15) is 9.78 Å². The van der Waals surface area contributed by atoms with Gasteiger partial charge in [-0.05, 0) is 55.5 Å². The van der Waals surface area contributed by atoms with Crippen LogP contribution in [0.3, 0.4) is 0 Å². The number of fused-ring (bicyclic) bond motifs is 2. The van der Waals surface area contributed by atoms with Crippen LogP contribution in [-0.4, -0.2) is 49.2 Å². The van der Waals surface area contributed by atoms with Gasteiger partial charge in [0, 0.05) is 41.8 Å². The standard InChI is InChI=1S/C29H25ClN4O5/c1-17(29(36)37-4)38-25-15-21(33(2)3)11-9-18(25)16-31-34-27(32-23-8-6-5-7-22(23)28(34)35)26-14-19-13-20(30)10-12-24(19)39-26/h5-17H,1-4H3/t17-/m0/s1. The van der Waals surface area contributed by atoms with Crippen molar-refractivity contribution < 1.29 is 18.7 Å². The van der Waals surface area contributed by atoms with E-state index in [1.54, 1.807) is 61.5 Å². The summed E-state index contributed by atoms with van der Waals surface area (Å²) in [6.07, 6.45) is 0.627. The molecule has 0 bridgehead atoms. The lowest BCUT2D eigenvalue weighted by molar-refractivity contribution is -0.147. The normalized spacial score (nSPS) is 12.2. The first-order chi connectivity index (χ1) is 18.7. The molecule has 9 nitrogen and oxygen atoms in total. The van der Waals surface area contributed by atoms with E-state index in [9.17, 15) is 9.59 Å². The smallest absolute Gasteiger partial charge is 0.346 e. The maximum atomic E-state index is 13.6. The van der Waals surface area contributed by atoms with Crippen LogP contribution in [0.15, 0.2) is 81.0 Å². The minimum Gasteiger partial charge on any atom is -0.478 e. The number of methoxy groups -OCH3 is 1. The fourth-order valence-corrected chi connectivity index (χ4v) is 4.23. The molecule has 5 aromatic rings. The number of rotatable bonds is 7. The maximum Gasteiger partial charge on any atom is 0.346 e. The third-order valence-corrected chi connectivity index (χ3v) is 6.35. The summed E-state index contributed by atoms with van der Waals surface area (Å²) in [5.41, 5.74) is 2.12. The Labute approximate surface area is 228 Å². The van der Waals surface area contributed by atoms with Crippen LogP contribution >= 0.6 is 11.6 Å². The zero-order chi connectivity index (χ0) is 27.7. The molecule has 0 unspecified atom stereocenters. The molecular weight excluding hydrogens is 520 g/mol. The zero-order valence-electron chi connectivity index (χ0n) is 21.7. The Kier molecular flexibility index (Phi) is 7.08. The van der Waals surface area contributed by atoms with Crippen molar-refractivity contribution in [2.75, 3.05) is 26.1 Å². The quantitative estimate of drug-likeness (QED) is 0.201. The Morgan fingerprint density at radius 2 is 1.92 bits per heavy atom. The molecule has 10 heteroatoms. The molecule has 0 aliphatic rings. The third kappa shape index (κ3) is 5.21. The second-order valence-corrected chi connectivity index (χ2v) is 9.44. The first kappa shape index (κ1) is 26.0. The molecule has 3 aromatic carbocycles. The molecule has 0 amide bonds. The largest absolute Gasteiger partial charge is 0.478 e. The van der Waals surface area contributed by atoms with Gasteiger partial charge in [-0.1, -0.05) is 23.7 Å². The van der Waals surface area contributed by atoms with Gasteiger partial charge in [0.25, 0.3) is 5.56 Å². The maximum absolute atomic E-state index is 13.6. The molecule has 0 saturated heterocycles. The van der Waals surface area contributed by atoms with Crippen molar-refractivity contribution in [3.8, 4) is 17.3 Å².